The van der Waals surface area contributed by atoms with Gasteiger partial charge in [-0.25, -0.2) is 42.8 Å². The molecule has 0 amide bonds. The first-order chi connectivity index (χ1) is 31.0. The molecule has 3 saturated heterocycles. The Morgan fingerprint density at radius 1 is 0.612 bits per heavy atom. The average Bonchev–Trinajstić information content (AvgIpc) is 4.01. The molecule has 7 heterocycles. The number of phosphoric ester groups is 3. The number of nitrogens with two attached hydrogens (primary N) is 1. The summed E-state index contributed by atoms with van der Waals surface area (Å²) in [6.45, 7) is -3.31. The van der Waals surface area contributed by atoms with Gasteiger partial charge in [0.15, 0.2) is 41.3 Å². The Hall–Kier alpha value is -3.19. The van der Waals surface area contributed by atoms with E-state index in [9.17, 15) is 77.8 Å². The molecule has 4 aromatic rings. The maximum atomic E-state index is 12.9. The number of H-pyrrole nitrogens is 1. The van der Waals surface area contributed by atoms with Gasteiger partial charge in [0.2, 0.25) is 5.95 Å². The van der Waals surface area contributed by atoms with Crippen LogP contribution in [0.2, 0.25) is 0 Å². The second-order valence-corrected chi connectivity index (χ2v) is 21.6. The molecule has 3 aliphatic heterocycles. The van der Waals surface area contributed by atoms with Crippen molar-refractivity contribution in [3.8, 4) is 0 Å². The molecule has 7 rings (SSSR count). The highest BCUT2D eigenvalue weighted by Gasteiger charge is 2.50. The summed E-state index contributed by atoms with van der Waals surface area (Å²) in [4.78, 5) is 91.7. The molecule has 0 aromatic carbocycles. The van der Waals surface area contributed by atoms with Crippen LogP contribution in [0.3, 0.4) is 0 Å². The Bertz CT molecular complexity index is 2780. The molecule has 0 radical (unpaired) electrons. The van der Waals surface area contributed by atoms with E-state index in [0.29, 0.717) is 0 Å². The molecule has 374 valence electrons. The third-order valence-electron chi connectivity index (χ3n) is 9.51. The van der Waals surface area contributed by atoms with Crippen molar-refractivity contribution in [3.63, 3.8) is 0 Å². The lowest BCUT2D eigenvalue weighted by Crippen LogP contribution is -2.37. The quantitative estimate of drug-likeness (QED) is 0.0392. The van der Waals surface area contributed by atoms with Crippen molar-refractivity contribution in [2.45, 2.75) is 73.6 Å². The third-order valence-corrected chi connectivity index (χ3v) is 15.9. The zero-order chi connectivity index (χ0) is 49.2. The Balaban J connectivity index is 0.931. The Morgan fingerprint density at radius 2 is 1.07 bits per heavy atom. The van der Waals surface area contributed by atoms with Crippen molar-refractivity contribution in [2.24, 2.45) is 0 Å². The van der Waals surface area contributed by atoms with Crippen LogP contribution in [-0.4, -0.2) is 180 Å². The van der Waals surface area contributed by atoms with Gasteiger partial charge in [-0.15, -0.1) is 0 Å². The fourth-order valence-electron chi connectivity index (χ4n) is 6.55. The molecule has 5 unspecified atom stereocenters. The van der Waals surface area contributed by atoms with Gasteiger partial charge in [-0.1, -0.05) is 0 Å². The number of rotatable bonds is 19. The first kappa shape index (κ1) is 51.7. The lowest BCUT2D eigenvalue weighted by Gasteiger charge is -2.20. The predicted molar refractivity (Wildman–Crippen MR) is 206 cm³/mol. The van der Waals surface area contributed by atoms with Gasteiger partial charge in [-0.2, -0.15) is 17.9 Å². The number of ether oxygens (including phenoxy) is 3. The van der Waals surface area contributed by atoms with Crippen molar-refractivity contribution >= 4 is 73.2 Å². The maximum absolute atomic E-state index is 12.9. The molecule has 3 aliphatic rings. The van der Waals surface area contributed by atoms with Crippen LogP contribution < -0.4 is 16.6 Å². The number of nitrogen functional groups attached to an aromatic ring is 1. The van der Waals surface area contributed by atoms with E-state index in [0.717, 1.165) is 17.2 Å². The third kappa shape index (κ3) is 11.7. The Labute approximate surface area is 369 Å². The number of nitrogens with zero attached hydrogens (tertiary/aromatic N) is 7. The number of aromatic amines is 1. The molecule has 4 aromatic heterocycles. The van der Waals surface area contributed by atoms with E-state index < -0.39 is 155 Å². The minimum atomic E-state index is -5.90. The van der Waals surface area contributed by atoms with Crippen LogP contribution >= 0.6 is 39.1 Å². The van der Waals surface area contributed by atoms with Gasteiger partial charge in [-0.3, -0.25) is 32.5 Å². The van der Waals surface area contributed by atoms with E-state index in [4.69, 9.17) is 34.3 Å². The molecule has 3 fully saturated rings. The highest BCUT2D eigenvalue weighted by Crippen LogP contribution is 2.66. The number of aromatic nitrogens is 8. The van der Waals surface area contributed by atoms with Crippen LogP contribution in [0.15, 0.2) is 23.8 Å². The Kier molecular flexibility index (Phi) is 14.8. The number of fused-ring (bicyclic) bond motifs is 2. The topological polar surface area (TPSA) is 556 Å². The predicted octanol–water partition coefficient (Wildman–Crippen LogP) is -4.77. The van der Waals surface area contributed by atoms with E-state index in [1.165, 1.54) is 10.9 Å². The largest absolute Gasteiger partial charge is 0.490 e. The molecular formula is C25H37N10O27P5. The van der Waals surface area contributed by atoms with Crippen molar-refractivity contribution in [1.29, 1.82) is 0 Å². The highest BCUT2D eigenvalue weighted by atomic mass is 31.3. The number of imidazole rings is 2. The molecule has 0 bridgehead atoms. The number of anilines is 2. The van der Waals surface area contributed by atoms with Gasteiger partial charge in [0.1, 0.15) is 66.8 Å². The summed E-state index contributed by atoms with van der Waals surface area (Å²) in [5.41, 5.74) is 4.19. The van der Waals surface area contributed by atoms with Gasteiger partial charge < -0.3 is 85.3 Å². The van der Waals surface area contributed by atoms with Crippen molar-refractivity contribution in [3.05, 3.63) is 29.3 Å². The number of nitrogens with one attached hydrogen (secondary N) is 2. The van der Waals surface area contributed by atoms with E-state index in [1.54, 1.807) is 0 Å². The van der Waals surface area contributed by atoms with Crippen LogP contribution in [0, 0.1) is 0 Å². The lowest BCUT2D eigenvalue weighted by molar-refractivity contribution is -0.0506. The first-order valence-corrected chi connectivity index (χ1v) is 25.7. The van der Waals surface area contributed by atoms with Crippen molar-refractivity contribution in [2.75, 3.05) is 30.9 Å². The summed E-state index contributed by atoms with van der Waals surface area (Å²) in [7, 11) is -28.4. The van der Waals surface area contributed by atoms with Crippen LogP contribution in [0.1, 0.15) is 12.5 Å². The molecule has 67 heavy (non-hydrogen) atoms. The fraction of sp³-hybridized carbons (Fsp3) is 0.600. The van der Waals surface area contributed by atoms with Gasteiger partial charge >= 0.3 is 39.1 Å². The first-order valence-electron chi connectivity index (χ1n) is 18.2. The zero-order valence-electron chi connectivity index (χ0n) is 32.7. The Morgan fingerprint density at radius 3 is 1.60 bits per heavy atom. The van der Waals surface area contributed by atoms with Gasteiger partial charge in [0.25, 0.3) is 5.56 Å². The molecule has 0 aliphatic carbocycles. The van der Waals surface area contributed by atoms with E-state index >= 15 is 0 Å². The standard InChI is InChI=1S/C25H37N10O27P5/c26-18-10-19(28-4-27-18)34(5-29-10)23-16(40)13(37)8(58-23)2-55-65(48,49)61-64(46,47)54-1-7-12(36)15(39)22(57-7)33-25-31-20-11(21(42)32-25)30-6-35(20)24-17(41)14(38)9(59-24)3-56-66(50,51)62-67(52,53)60-63(43,44)45/h4-9,12-17,22-24,36-41H,1-3H2,(H,46,47)(H,48,49)(H,50,51)(H,52,53)(H2,26,27,28)(H2,43,44,45)(H2,31,32,33,42)/t7-,8-,9-,12-,13-,14-,15-,16-,17-,22?,23-,24-/m1/s1. The van der Waals surface area contributed by atoms with Crippen molar-refractivity contribution in [1.82, 2.24) is 39.0 Å². The lowest BCUT2D eigenvalue weighted by atomic mass is 10.1. The SMILES string of the molecule is Nc1ncnc2c1ncn2[C@@H]1O[C@H](COP(=O)(O)OP(=O)(O)OC[C@H]2OC(Nc3nc4c(ncn4[C@@H]4O[C@H](COP(=O)(O)OP(=O)(O)OP(=O)(O)O)[C@@H](O)[C@H]4O)c(=O)[nH]3)[C@H](O)[C@@H]2O)[C@@H](O)[C@H]1O. The maximum Gasteiger partial charge on any atom is 0.490 e. The van der Waals surface area contributed by atoms with E-state index in [-0.39, 0.29) is 17.0 Å². The molecule has 42 heteroatoms. The summed E-state index contributed by atoms with van der Waals surface area (Å²) in [6.07, 6.45) is -17.8. The number of aliphatic hydroxyl groups excluding tert-OH is 6. The average molecular weight is 1060 g/mol. The monoisotopic (exact) mass is 1060 g/mol. The second kappa shape index (κ2) is 19.2. The summed E-state index contributed by atoms with van der Waals surface area (Å²) >= 11 is 0. The zero-order valence-corrected chi connectivity index (χ0v) is 37.2. The fourth-order valence-corrected chi connectivity index (χ4v) is 11.7. The number of hydrogen-bond acceptors (Lipinski definition) is 28. The highest BCUT2D eigenvalue weighted by molar-refractivity contribution is 7.66. The van der Waals surface area contributed by atoms with Crippen LogP contribution in [0.4, 0.5) is 11.8 Å². The summed E-state index contributed by atoms with van der Waals surface area (Å²) in [5, 5.41) is 66.1. The smallest absolute Gasteiger partial charge is 0.387 e. The molecular weight excluding hydrogens is 1030 g/mol. The van der Waals surface area contributed by atoms with Crippen LogP contribution in [0.25, 0.3) is 22.3 Å². The molecule has 16 atom stereocenters. The van der Waals surface area contributed by atoms with Gasteiger partial charge in [-0.05, 0) is 0 Å². The van der Waals surface area contributed by atoms with E-state index in [1.807, 2.05) is 0 Å². The number of phosphoric acid groups is 5. The summed E-state index contributed by atoms with van der Waals surface area (Å²) in [5.74, 6) is -0.536. The second-order valence-electron chi connectivity index (χ2n) is 14.1. The van der Waals surface area contributed by atoms with Crippen LogP contribution in [0.5, 0.6) is 0 Å². The van der Waals surface area contributed by atoms with Gasteiger partial charge in [0, 0.05) is 0 Å². The molecule has 37 nitrogen and oxygen atoms in total. The summed E-state index contributed by atoms with van der Waals surface area (Å²) in [6, 6.07) is 0. The number of aliphatic hydroxyl groups is 6. The normalized spacial score (nSPS) is 32.8. The molecule has 0 spiro atoms. The minimum absolute atomic E-state index is 0.00414. The minimum Gasteiger partial charge on any atom is -0.387 e. The van der Waals surface area contributed by atoms with E-state index in [2.05, 4.69) is 57.2 Å². The van der Waals surface area contributed by atoms with Crippen molar-refractivity contribution < 1.29 is 124 Å². The van der Waals surface area contributed by atoms with Crippen LogP contribution in [-0.2, 0) is 63.5 Å². The molecule has 16 N–H and O–H groups in total. The number of hydrogen-bond donors (Lipinski definition) is 15. The summed E-state index contributed by atoms with van der Waals surface area (Å²) < 4.78 is 104. The van der Waals surface area contributed by atoms with Gasteiger partial charge in [0.05, 0.1) is 32.5 Å². The molecule has 0 saturated carbocycles.